The van der Waals surface area contributed by atoms with Gasteiger partial charge in [-0.15, -0.1) is 0 Å². The minimum atomic E-state index is -0.772. The van der Waals surface area contributed by atoms with Crippen molar-refractivity contribution < 1.29 is 18.8 Å². The third-order valence-corrected chi connectivity index (χ3v) is 8.85. The molecule has 1 aliphatic heterocycles. The van der Waals surface area contributed by atoms with Crippen molar-refractivity contribution in [1.29, 1.82) is 0 Å². The number of rotatable bonds is 10. The number of nitrogens with zero attached hydrogens (tertiary/aromatic N) is 4. The highest BCUT2D eigenvalue weighted by Gasteiger charge is 2.47. The highest BCUT2D eigenvalue weighted by molar-refractivity contribution is 6.18. The molecule has 0 spiro atoms. The lowest BCUT2D eigenvalue weighted by Gasteiger charge is -2.37. The first-order valence-electron chi connectivity index (χ1n) is 15.0. The number of carbonyl (C=O) groups is 1. The number of carbonyl (C=O) groups excluding carboxylic acids is 3. The van der Waals surface area contributed by atoms with E-state index >= 15 is 0 Å². The SMILES string of the molecule is CC(N=C=O)c1ccc2c(c1)CCc1cc(C(C)N=C=O)ccc1C2(CCC[C@H](C)N)C1=NN(c2ccc(F)cc2)C(=O)C1. The molecule has 5 rings (SSSR count). The monoisotopic (exact) mass is 593 g/mol. The van der Waals surface area contributed by atoms with Crippen LogP contribution in [-0.4, -0.2) is 29.8 Å². The van der Waals surface area contributed by atoms with Gasteiger partial charge < -0.3 is 5.73 Å². The smallest absolute Gasteiger partial charge is 0.253 e. The standard InChI is InChI=1S/C35H36FN5O3/c1-22(37)5-4-16-35(33-19-34(44)41(40-33)30-12-10-29(36)11-13-30)31-14-8-25(23(2)38-20-42)17-27(31)6-7-28-18-26(9-15-32(28)35)24(3)39-21-43/h8-15,17-18,22-24H,4-7,16,19,37H2,1-3H3/t22-,23?,24?,35?/m0/s1. The van der Waals surface area contributed by atoms with Crippen LogP contribution < -0.4 is 10.7 Å². The molecule has 3 atom stereocenters. The number of hydrogen-bond donors (Lipinski definition) is 1. The van der Waals surface area contributed by atoms with Crippen LogP contribution >= 0.6 is 0 Å². The lowest BCUT2D eigenvalue weighted by atomic mass is 9.65. The van der Waals surface area contributed by atoms with Crippen LogP contribution in [0.15, 0.2) is 75.7 Å². The van der Waals surface area contributed by atoms with E-state index in [1.165, 1.54) is 17.1 Å². The van der Waals surface area contributed by atoms with E-state index in [1.807, 2.05) is 32.9 Å². The fraction of sp³-hybridized carbons (Fsp3) is 0.371. The molecule has 0 bridgehead atoms. The Kier molecular flexibility index (Phi) is 9.12. The molecule has 1 heterocycles. The molecular weight excluding hydrogens is 557 g/mol. The lowest BCUT2D eigenvalue weighted by molar-refractivity contribution is -0.116. The average Bonchev–Trinajstić information content (AvgIpc) is 3.34. The Labute approximate surface area is 256 Å². The number of isocyanates is 2. The quantitative estimate of drug-likeness (QED) is 0.219. The third-order valence-electron chi connectivity index (χ3n) is 8.85. The van der Waals surface area contributed by atoms with Gasteiger partial charge in [0.2, 0.25) is 12.2 Å². The molecule has 9 heteroatoms. The Balaban J connectivity index is 1.77. The minimum Gasteiger partial charge on any atom is -0.328 e. The number of anilines is 1. The second-order valence-electron chi connectivity index (χ2n) is 11.8. The van der Waals surface area contributed by atoms with Crippen LogP contribution in [0, 0.1) is 5.82 Å². The number of hydrogen-bond acceptors (Lipinski definition) is 7. The van der Waals surface area contributed by atoms with E-state index < -0.39 is 11.2 Å². The number of benzene rings is 3. The number of nitrogens with two attached hydrogens (primary N) is 1. The first-order valence-corrected chi connectivity index (χ1v) is 15.0. The van der Waals surface area contributed by atoms with E-state index in [2.05, 4.69) is 34.3 Å². The van der Waals surface area contributed by atoms with Crippen LogP contribution in [0.25, 0.3) is 0 Å². The summed E-state index contributed by atoms with van der Waals surface area (Å²) in [6.45, 7) is 5.70. The molecule has 1 amide bonds. The maximum atomic E-state index is 13.7. The van der Waals surface area contributed by atoms with Crippen LogP contribution in [0.3, 0.4) is 0 Å². The fourth-order valence-electron chi connectivity index (χ4n) is 6.58. The second-order valence-corrected chi connectivity index (χ2v) is 11.8. The number of aliphatic imine (C=N–C) groups is 2. The maximum Gasteiger partial charge on any atom is 0.253 e. The lowest BCUT2D eigenvalue weighted by Crippen LogP contribution is -2.38. The van der Waals surface area contributed by atoms with E-state index in [-0.39, 0.29) is 30.5 Å². The van der Waals surface area contributed by atoms with Crippen molar-refractivity contribution in [3.05, 3.63) is 99.9 Å². The Morgan fingerprint density at radius 3 is 1.95 bits per heavy atom. The van der Waals surface area contributed by atoms with E-state index in [9.17, 15) is 18.8 Å². The van der Waals surface area contributed by atoms with Gasteiger partial charge in [-0.3, -0.25) is 4.79 Å². The summed E-state index contributed by atoms with van der Waals surface area (Å²) in [5.41, 5.74) is 12.7. The maximum absolute atomic E-state index is 13.7. The highest BCUT2D eigenvalue weighted by atomic mass is 19.1. The van der Waals surface area contributed by atoms with Crippen LogP contribution in [-0.2, 0) is 32.6 Å². The Hall–Kier alpha value is -4.55. The van der Waals surface area contributed by atoms with Crippen molar-refractivity contribution in [2.24, 2.45) is 20.8 Å². The van der Waals surface area contributed by atoms with E-state index in [0.717, 1.165) is 46.2 Å². The molecule has 3 aromatic carbocycles. The summed E-state index contributed by atoms with van der Waals surface area (Å²) < 4.78 is 13.7. The fourth-order valence-corrected chi connectivity index (χ4v) is 6.58. The van der Waals surface area contributed by atoms with E-state index in [0.29, 0.717) is 30.7 Å². The van der Waals surface area contributed by atoms with Gasteiger partial charge >= 0.3 is 0 Å². The number of amides is 1. The molecule has 2 unspecified atom stereocenters. The molecule has 3 aromatic rings. The van der Waals surface area contributed by atoms with Gasteiger partial charge in [0.25, 0.3) is 5.91 Å². The molecule has 0 fully saturated rings. The normalized spacial score (nSPS) is 19.4. The number of fused-ring (bicyclic) bond motifs is 2. The Bertz CT molecular complexity index is 1610. The highest BCUT2D eigenvalue weighted by Crippen LogP contribution is 2.48. The van der Waals surface area contributed by atoms with Crippen molar-refractivity contribution in [1.82, 2.24) is 0 Å². The molecule has 226 valence electrons. The molecule has 1 aliphatic carbocycles. The Morgan fingerprint density at radius 2 is 1.45 bits per heavy atom. The Morgan fingerprint density at radius 1 is 0.909 bits per heavy atom. The van der Waals surface area contributed by atoms with E-state index in [1.54, 1.807) is 24.3 Å². The van der Waals surface area contributed by atoms with Crippen molar-refractivity contribution in [3.8, 4) is 0 Å². The van der Waals surface area contributed by atoms with Crippen molar-refractivity contribution in [2.45, 2.75) is 82.8 Å². The summed E-state index contributed by atoms with van der Waals surface area (Å²) in [5, 5.41) is 6.35. The molecular formula is C35H36FN5O3. The summed E-state index contributed by atoms with van der Waals surface area (Å²) in [6.07, 6.45) is 7.06. The summed E-state index contributed by atoms with van der Waals surface area (Å²) >= 11 is 0. The number of hydrazone groups is 1. The van der Waals surface area contributed by atoms with Gasteiger partial charge in [-0.2, -0.15) is 15.1 Å². The average molecular weight is 594 g/mol. The van der Waals surface area contributed by atoms with Gasteiger partial charge in [0.1, 0.15) is 5.82 Å². The van der Waals surface area contributed by atoms with Crippen molar-refractivity contribution in [2.75, 3.05) is 5.01 Å². The van der Waals surface area contributed by atoms with Crippen LogP contribution in [0.5, 0.6) is 0 Å². The van der Waals surface area contributed by atoms with Crippen LogP contribution in [0.1, 0.15) is 91.9 Å². The van der Waals surface area contributed by atoms with Crippen LogP contribution in [0.2, 0.25) is 0 Å². The van der Waals surface area contributed by atoms with Gasteiger partial charge in [0, 0.05) is 6.04 Å². The van der Waals surface area contributed by atoms with Gasteiger partial charge in [0.05, 0.1) is 35.3 Å². The first kappa shape index (κ1) is 30.9. The van der Waals surface area contributed by atoms with Gasteiger partial charge in [-0.25, -0.2) is 19.0 Å². The minimum absolute atomic E-state index is 0.00603. The zero-order chi connectivity index (χ0) is 31.4. The van der Waals surface area contributed by atoms with Gasteiger partial charge in [-0.05, 0) is 104 Å². The molecule has 44 heavy (non-hydrogen) atoms. The summed E-state index contributed by atoms with van der Waals surface area (Å²) in [5.74, 6) is -0.585. The molecule has 0 saturated carbocycles. The zero-order valence-electron chi connectivity index (χ0n) is 25.2. The first-order chi connectivity index (χ1) is 21.2. The molecule has 8 nitrogen and oxygen atoms in total. The summed E-state index contributed by atoms with van der Waals surface area (Å²) in [7, 11) is 0. The second kappa shape index (κ2) is 13.0. The van der Waals surface area contributed by atoms with Gasteiger partial charge in [-0.1, -0.05) is 42.8 Å². The number of halogens is 1. The molecule has 0 radical (unpaired) electrons. The third kappa shape index (κ3) is 5.95. The zero-order valence-corrected chi connectivity index (χ0v) is 25.2. The molecule has 2 N–H and O–H groups in total. The molecule has 0 saturated heterocycles. The van der Waals surface area contributed by atoms with Crippen molar-refractivity contribution in [3.63, 3.8) is 0 Å². The summed E-state index contributed by atoms with van der Waals surface area (Å²) in [6, 6.07) is 17.4. The van der Waals surface area contributed by atoms with Crippen molar-refractivity contribution >= 4 is 29.5 Å². The van der Waals surface area contributed by atoms with E-state index in [4.69, 9.17) is 10.8 Å². The van der Waals surface area contributed by atoms with Gasteiger partial charge in [0.15, 0.2) is 0 Å². The topological polar surface area (TPSA) is 118 Å². The van der Waals surface area contributed by atoms with Crippen LogP contribution in [0.4, 0.5) is 10.1 Å². The predicted molar refractivity (Wildman–Crippen MR) is 168 cm³/mol. The predicted octanol–water partition coefficient (Wildman–Crippen LogP) is 6.31. The molecule has 0 aromatic heterocycles. The number of aryl methyl sites for hydroxylation is 2. The largest absolute Gasteiger partial charge is 0.328 e. The molecule has 2 aliphatic rings. The summed E-state index contributed by atoms with van der Waals surface area (Å²) in [4.78, 5) is 43.6.